The van der Waals surface area contributed by atoms with E-state index in [-0.39, 0.29) is 17.7 Å². The van der Waals surface area contributed by atoms with Crippen molar-refractivity contribution in [2.24, 2.45) is 17.8 Å². The zero-order chi connectivity index (χ0) is 16.4. The molecule has 1 aromatic carbocycles. The fraction of sp³-hybridized carbons (Fsp3) is 0.700. The zero-order valence-electron chi connectivity index (χ0n) is 14.3. The second-order valence-electron chi connectivity index (χ2n) is 8.81. The van der Waals surface area contributed by atoms with Gasteiger partial charge in [-0.2, -0.15) is 0 Å². The van der Waals surface area contributed by atoms with Crippen molar-refractivity contribution < 1.29 is 10.2 Å². The lowest BCUT2D eigenvalue weighted by Gasteiger charge is -2.62. The van der Waals surface area contributed by atoms with E-state index in [0.717, 1.165) is 19.3 Å². The Morgan fingerprint density at radius 3 is 2.79 bits per heavy atom. The minimum Gasteiger partial charge on any atom is -0.392 e. The van der Waals surface area contributed by atoms with Crippen molar-refractivity contribution in [1.29, 1.82) is 0 Å². The standard InChI is InChI=1S/C20H26N2O2/c1-3-10-11-8-14-17-20(12-6-4-5-7-13(12)21(17)2)9-15(16(11)18(20)23)22(14)19(10)24/h4-7,10-11,14-19,23-24H,3,8-9H2,1-2H3/t10-,11-,14?,15-,16?,17-,18-,19+,20+/m0/s1. The summed E-state index contributed by atoms with van der Waals surface area (Å²) in [5, 5.41) is 22.6. The molecule has 5 heterocycles. The van der Waals surface area contributed by atoms with Crippen molar-refractivity contribution in [2.45, 2.75) is 62.1 Å². The first-order chi connectivity index (χ1) is 11.6. The van der Waals surface area contributed by atoms with Crippen LogP contribution in [0.25, 0.3) is 0 Å². The Labute approximate surface area is 143 Å². The van der Waals surface area contributed by atoms with E-state index in [9.17, 15) is 10.2 Å². The fourth-order valence-corrected chi connectivity index (χ4v) is 7.88. The van der Waals surface area contributed by atoms with Gasteiger partial charge in [0.25, 0.3) is 0 Å². The second-order valence-corrected chi connectivity index (χ2v) is 8.81. The number of rotatable bonds is 1. The number of hydrogen-bond donors (Lipinski definition) is 2. The van der Waals surface area contributed by atoms with Crippen LogP contribution in [0.2, 0.25) is 0 Å². The SMILES string of the molecule is CC[C@H]1[C@@H]2CC3[C@@H]4N(C)c5ccccc5[C@]45C[C@@H](C2[C@@H]5O)N3[C@@H]1O. The minimum atomic E-state index is -0.319. The highest BCUT2D eigenvalue weighted by Gasteiger charge is 2.76. The number of para-hydroxylation sites is 1. The summed E-state index contributed by atoms with van der Waals surface area (Å²) in [7, 11) is 2.19. The highest BCUT2D eigenvalue weighted by atomic mass is 16.3. The molecule has 3 unspecified atom stereocenters. The third-order valence-electron chi connectivity index (χ3n) is 8.46. The van der Waals surface area contributed by atoms with Gasteiger partial charge in [-0.25, -0.2) is 0 Å². The van der Waals surface area contributed by atoms with Gasteiger partial charge in [-0.3, -0.25) is 4.90 Å². The Morgan fingerprint density at radius 1 is 1.21 bits per heavy atom. The van der Waals surface area contributed by atoms with E-state index < -0.39 is 0 Å². The van der Waals surface area contributed by atoms with Gasteiger partial charge in [0.2, 0.25) is 0 Å². The predicted molar refractivity (Wildman–Crippen MR) is 91.7 cm³/mol. The van der Waals surface area contributed by atoms with Crippen LogP contribution in [-0.4, -0.2) is 52.6 Å². The molecule has 7 rings (SSSR count). The van der Waals surface area contributed by atoms with Crippen molar-refractivity contribution in [3.8, 4) is 0 Å². The summed E-state index contributed by atoms with van der Waals surface area (Å²) in [4.78, 5) is 4.83. The van der Waals surface area contributed by atoms with Gasteiger partial charge in [-0.05, 0) is 36.8 Å². The number of hydrogen-bond acceptors (Lipinski definition) is 4. The van der Waals surface area contributed by atoms with Crippen molar-refractivity contribution in [3.05, 3.63) is 29.8 Å². The molecule has 0 amide bonds. The molecule has 128 valence electrons. The lowest BCUT2D eigenvalue weighted by molar-refractivity contribution is -0.211. The summed E-state index contributed by atoms with van der Waals surface area (Å²) < 4.78 is 0. The normalized spacial score (nSPS) is 55.8. The molecule has 4 saturated heterocycles. The first-order valence-electron chi connectivity index (χ1n) is 9.57. The van der Waals surface area contributed by atoms with Gasteiger partial charge < -0.3 is 15.1 Å². The Hall–Kier alpha value is -1.10. The highest BCUT2D eigenvalue weighted by molar-refractivity contribution is 5.67. The Kier molecular flexibility index (Phi) is 2.45. The Morgan fingerprint density at radius 2 is 2.00 bits per heavy atom. The smallest absolute Gasteiger partial charge is 0.111 e. The molecule has 10 atom stereocenters. The van der Waals surface area contributed by atoms with E-state index in [1.807, 2.05) is 0 Å². The van der Waals surface area contributed by atoms with Gasteiger partial charge in [0.1, 0.15) is 6.23 Å². The molecule has 2 N–H and O–H groups in total. The topological polar surface area (TPSA) is 46.9 Å². The van der Waals surface area contributed by atoms with Crippen molar-refractivity contribution >= 4 is 5.69 Å². The first kappa shape index (κ1) is 14.1. The van der Waals surface area contributed by atoms with E-state index in [2.05, 4.69) is 48.0 Å². The fourth-order valence-electron chi connectivity index (χ4n) is 7.88. The Bertz CT molecular complexity index is 723. The molecule has 5 bridgehead atoms. The molecule has 0 radical (unpaired) electrons. The largest absolute Gasteiger partial charge is 0.392 e. The quantitative estimate of drug-likeness (QED) is 0.822. The minimum absolute atomic E-state index is 0.126. The van der Waals surface area contributed by atoms with Crippen LogP contribution in [0.3, 0.4) is 0 Å². The third kappa shape index (κ3) is 1.20. The van der Waals surface area contributed by atoms with Gasteiger partial charge in [-0.1, -0.05) is 25.1 Å². The molecule has 4 nitrogen and oxygen atoms in total. The maximum atomic E-state index is 11.6. The molecule has 1 saturated carbocycles. The van der Waals surface area contributed by atoms with Gasteiger partial charge in [0.15, 0.2) is 0 Å². The van der Waals surface area contributed by atoms with E-state index in [4.69, 9.17) is 0 Å². The van der Waals surface area contributed by atoms with Crippen LogP contribution in [0, 0.1) is 17.8 Å². The first-order valence-corrected chi connectivity index (χ1v) is 9.57. The molecule has 6 aliphatic rings. The van der Waals surface area contributed by atoms with Crippen LogP contribution in [0.1, 0.15) is 31.7 Å². The summed E-state index contributed by atoms with van der Waals surface area (Å²) >= 11 is 0. The predicted octanol–water partition coefficient (Wildman–Crippen LogP) is 1.55. The molecule has 5 aliphatic heterocycles. The number of fused-ring (bicyclic) bond motifs is 2. The van der Waals surface area contributed by atoms with Gasteiger partial charge in [0, 0.05) is 42.1 Å². The number of benzene rings is 1. The lowest BCUT2D eigenvalue weighted by Crippen LogP contribution is -2.72. The van der Waals surface area contributed by atoms with Crippen LogP contribution >= 0.6 is 0 Å². The van der Waals surface area contributed by atoms with Crippen LogP contribution in [-0.2, 0) is 5.41 Å². The average molecular weight is 326 g/mol. The second kappa shape index (κ2) is 4.17. The van der Waals surface area contributed by atoms with Gasteiger partial charge in [0.05, 0.1) is 12.1 Å². The molecular weight excluding hydrogens is 300 g/mol. The number of aliphatic hydroxyl groups is 2. The van der Waals surface area contributed by atoms with E-state index in [0.29, 0.717) is 35.9 Å². The van der Waals surface area contributed by atoms with Gasteiger partial charge in [-0.15, -0.1) is 0 Å². The summed E-state index contributed by atoms with van der Waals surface area (Å²) in [6.45, 7) is 2.19. The van der Waals surface area contributed by atoms with Crippen LogP contribution in [0.15, 0.2) is 24.3 Å². The molecular formula is C20H26N2O2. The Balaban J connectivity index is 1.60. The molecule has 1 aromatic rings. The highest BCUT2D eigenvalue weighted by Crippen LogP contribution is 2.68. The molecule has 0 aromatic heterocycles. The van der Waals surface area contributed by atoms with Crippen LogP contribution in [0.5, 0.6) is 0 Å². The number of anilines is 1. The number of nitrogens with zero attached hydrogens (tertiary/aromatic N) is 2. The van der Waals surface area contributed by atoms with Crippen molar-refractivity contribution in [3.63, 3.8) is 0 Å². The van der Waals surface area contributed by atoms with Crippen molar-refractivity contribution in [2.75, 3.05) is 11.9 Å². The molecule has 24 heavy (non-hydrogen) atoms. The molecule has 1 spiro atoms. The van der Waals surface area contributed by atoms with E-state index >= 15 is 0 Å². The maximum Gasteiger partial charge on any atom is 0.111 e. The number of likely N-dealkylation sites (N-methyl/N-ethyl adjacent to an activating group) is 1. The van der Waals surface area contributed by atoms with Gasteiger partial charge >= 0.3 is 0 Å². The van der Waals surface area contributed by atoms with E-state index in [1.54, 1.807) is 0 Å². The summed E-state index contributed by atoms with van der Waals surface area (Å²) in [5.41, 5.74) is 2.51. The molecule has 1 aliphatic carbocycles. The molecule has 4 heteroatoms. The summed E-state index contributed by atoms with van der Waals surface area (Å²) in [6.07, 6.45) is 2.56. The monoisotopic (exact) mass is 326 g/mol. The zero-order valence-corrected chi connectivity index (χ0v) is 14.3. The average Bonchev–Trinajstić information content (AvgIpc) is 2.97. The van der Waals surface area contributed by atoms with Crippen LogP contribution in [0.4, 0.5) is 5.69 Å². The number of aliphatic hydroxyl groups excluding tert-OH is 2. The maximum absolute atomic E-state index is 11.6. The lowest BCUT2D eigenvalue weighted by atomic mass is 9.62. The summed E-state index contributed by atoms with van der Waals surface area (Å²) in [6, 6.07) is 9.70. The van der Waals surface area contributed by atoms with Crippen molar-refractivity contribution in [1.82, 2.24) is 4.90 Å². The van der Waals surface area contributed by atoms with Crippen LogP contribution < -0.4 is 4.90 Å². The number of piperidine rings is 4. The summed E-state index contributed by atoms with van der Waals surface area (Å²) in [5.74, 6) is 1.14. The third-order valence-corrected chi connectivity index (χ3v) is 8.46. The van der Waals surface area contributed by atoms with E-state index in [1.165, 1.54) is 11.3 Å². The molecule has 5 fully saturated rings.